The molecular formula is C26H38N2O17. The lowest BCUT2D eigenvalue weighted by molar-refractivity contribution is -0.384. The van der Waals surface area contributed by atoms with Gasteiger partial charge >= 0.3 is 0 Å². The summed E-state index contributed by atoms with van der Waals surface area (Å²) in [6, 6.07) is 3.41. The molecule has 0 spiro atoms. The molecule has 3 fully saturated rings. The second-order valence-electron chi connectivity index (χ2n) is 10.9. The largest absolute Gasteiger partial charge is 0.463 e. The van der Waals surface area contributed by atoms with Crippen molar-refractivity contribution in [2.24, 2.45) is 0 Å². The van der Waals surface area contributed by atoms with Gasteiger partial charge in [-0.1, -0.05) is 0 Å². The van der Waals surface area contributed by atoms with Gasteiger partial charge in [0, 0.05) is 19.1 Å². The lowest BCUT2D eigenvalue weighted by atomic mass is 9.95. The molecule has 0 aromatic heterocycles. The van der Waals surface area contributed by atoms with E-state index in [1.165, 1.54) is 19.1 Å². The van der Waals surface area contributed by atoms with Crippen molar-refractivity contribution in [2.75, 3.05) is 13.2 Å². The highest BCUT2D eigenvalue weighted by Crippen LogP contribution is 2.33. The zero-order chi connectivity index (χ0) is 33.2. The number of nitro benzene ring substituents is 1. The average molecular weight is 651 g/mol. The van der Waals surface area contributed by atoms with E-state index in [0.29, 0.717) is 0 Å². The molecule has 9 N–H and O–H groups in total. The molecule has 0 saturated carbocycles. The molecule has 1 aromatic carbocycles. The van der Waals surface area contributed by atoms with Crippen molar-refractivity contribution in [3.8, 4) is 5.75 Å². The number of non-ortho nitro benzene ring substituents is 1. The van der Waals surface area contributed by atoms with Crippen LogP contribution in [0, 0.1) is 10.1 Å². The minimum atomic E-state index is -1.88. The van der Waals surface area contributed by atoms with E-state index in [9.17, 15) is 55.8 Å². The number of rotatable bonds is 10. The molecule has 3 aliphatic rings. The van der Waals surface area contributed by atoms with Crippen molar-refractivity contribution in [2.45, 2.75) is 106 Å². The maximum atomic E-state index is 12.2. The predicted octanol–water partition coefficient (Wildman–Crippen LogP) is -4.41. The van der Waals surface area contributed by atoms with Gasteiger partial charge in [0.05, 0.1) is 24.2 Å². The first-order chi connectivity index (χ1) is 21.3. The highest BCUT2D eigenvalue weighted by molar-refractivity contribution is 5.73. The lowest BCUT2D eigenvalue weighted by Gasteiger charge is -2.49. The zero-order valence-electron chi connectivity index (χ0n) is 24.1. The Bertz CT molecular complexity index is 1140. The van der Waals surface area contributed by atoms with Crippen molar-refractivity contribution in [3.05, 3.63) is 34.4 Å². The maximum Gasteiger partial charge on any atom is 0.269 e. The van der Waals surface area contributed by atoms with Gasteiger partial charge in [-0.15, -0.1) is 0 Å². The van der Waals surface area contributed by atoms with Crippen LogP contribution in [0.1, 0.15) is 13.8 Å². The monoisotopic (exact) mass is 650 g/mol. The molecule has 19 heteroatoms. The number of carbonyl (C=O) groups is 1. The molecule has 0 radical (unpaired) electrons. The molecule has 0 bridgehead atoms. The van der Waals surface area contributed by atoms with E-state index in [0.717, 1.165) is 19.1 Å². The van der Waals surface area contributed by atoms with Gasteiger partial charge in [0.25, 0.3) is 5.69 Å². The first-order valence-corrected chi connectivity index (χ1v) is 14.0. The number of aliphatic hydroxyl groups excluding tert-OH is 8. The zero-order valence-corrected chi connectivity index (χ0v) is 24.1. The molecule has 4 rings (SSSR count). The summed E-state index contributed by atoms with van der Waals surface area (Å²) in [5.41, 5.74) is -0.238. The number of amides is 1. The second kappa shape index (κ2) is 14.9. The van der Waals surface area contributed by atoms with Gasteiger partial charge in [0.2, 0.25) is 12.2 Å². The first-order valence-electron chi connectivity index (χ1n) is 14.0. The Morgan fingerprint density at radius 1 is 0.800 bits per heavy atom. The van der Waals surface area contributed by atoms with Gasteiger partial charge in [-0.05, 0) is 19.1 Å². The molecule has 1 amide bonds. The van der Waals surface area contributed by atoms with Crippen molar-refractivity contribution in [1.82, 2.24) is 5.32 Å². The van der Waals surface area contributed by atoms with E-state index >= 15 is 0 Å². The third kappa shape index (κ3) is 7.68. The Labute approximate surface area is 255 Å². The third-order valence-corrected chi connectivity index (χ3v) is 7.74. The van der Waals surface area contributed by atoms with Crippen molar-refractivity contribution >= 4 is 11.6 Å². The van der Waals surface area contributed by atoms with E-state index in [2.05, 4.69) is 5.32 Å². The number of ether oxygens (including phenoxy) is 6. The number of nitro groups is 1. The molecule has 3 aliphatic heterocycles. The van der Waals surface area contributed by atoms with Crippen LogP contribution in [0.5, 0.6) is 5.75 Å². The normalized spacial score (nSPS) is 42.1. The molecule has 254 valence electrons. The van der Waals surface area contributed by atoms with Gasteiger partial charge in [0.15, 0.2) is 12.6 Å². The summed E-state index contributed by atoms with van der Waals surface area (Å²) in [5.74, 6) is -0.606. The lowest BCUT2D eigenvalue weighted by Crippen LogP contribution is -2.69. The smallest absolute Gasteiger partial charge is 0.269 e. The van der Waals surface area contributed by atoms with Crippen LogP contribution >= 0.6 is 0 Å². The van der Waals surface area contributed by atoms with Gasteiger partial charge < -0.3 is 74.6 Å². The number of aliphatic hydroxyl groups is 8. The molecule has 3 saturated heterocycles. The summed E-state index contributed by atoms with van der Waals surface area (Å²) >= 11 is 0. The van der Waals surface area contributed by atoms with Crippen LogP contribution in [0.15, 0.2) is 24.3 Å². The third-order valence-electron chi connectivity index (χ3n) is 7.74. The topological polar surface area (TPSA) is 289 Å². The quantitative estimate of drug-likeness (QED) is 0.0853. The molecule has 15 atom stereocenters. The van der Waals surface area contributed by atoms with Crippen LogP contribution in [0.25, 0.3) is 0 Å². The number of hydrogen-bond donors (Lipinski definition) is 9. The van der Waals surface area contributed by atoms with Crippen LogP contribution in [0.3, 0.4) is 0 Å². The highest BCUT2D eigenvalue weighted by Gasteiger charge is 2.54. The van der Waals surface area contributed by atoms with Crippen molar-refractivity contribution < 1.29 is 79.0 Å². The van der Waals surface area contributed by atoms with E-state index in [4.69, 9.17) is 28.4 Å². The van der Waals surface area contributed by atoms with Gasteiger partial charge in [-0.25, -0.2) is 0 Å². The number of nitrogens with one attached hydrogen (secondary N) is 1. The van der Waals surface area contributed by atoms with Crippen LogP contribution in [-0.4, -0.2) is 157 Å². The average Bonchev–Trinajstić information content (AvgIpc) is 3.00. The number of carbonyl (C=O) groups excluding carboxylic acids is 1. The fraction of sp³-hybridized carbons (Fsp3) is 0.731. The van der Waals surface area contributed by atoms with E-state index in [1.54, 1.807) is 0 Å². The number of hydrogen-bond acceptors (Lipinski definition) is 17. The minimum absolute atomic E-state index is 0.0418. The van der Waals surface area contributed by atoms with Gasteiger partial charge in [0.1, 0.15) is 72.8 Å². The number of nitrogens with zero attached hydrogens (tertiary/aromatic N) is 1. The first kappa shape index (κ1) is 35.2. The van der Waals surface area contributed by atoms with Crippen LogP contribution < -0.4 is 10.1 Å². The van der Waals surface area contributed by atoms with E-state index < -0.39 is 116 Å². The molecule has 6 unspecified atom stereocenters. The Hall–Kier alpha value is -2.63. The molecule has 0 aliphatic carbocycles. The molecule has 19 nitrogen and oxygen atoms in total. The van der Waals surface area contributed by atoms with Crippen LogP contribution in [0.4, 0.5) is 5.69 Å². The summed E-state index contributed by atoms with van der Waals surface area (Å²) in [6.07, 6.45) is -22.6. The van der Waals surface area contributed by atoms with Crippen LogP contribution in [-0.2, 0) is 28.5 Å². The molecular weight excluding hydrogens is 612 g/mol. The molecule has 1 aromatic rings. The van der Waals surface area contributed by atoms with Gasteiger partial charge in [-0.3, -0.25) is 14.9 Å². The van der Waals surface area contributed by atoms with E-state index in [1.807, 2.05) is 0 Å². The maximum absolute atomic E-state index is 12.2. The van der Waals surface area contributed by atoms with E-state index in [-0.39, 0.29) is 11.4 Å². The fourth-order valence-electron chi connectivity index (χ4n) is 5.25. The van der Waals surface area contributed by atoms with Crippen molar-refractivity contribution in [1.29, 1.82) is 0 Å². The summed E-state index contributed by atoms with van der Waals surface area (Å²) in [6.45, 7) is 0.926. The summed E-state index contributed by atoms with van der Waals surface area (Å²) < 4.78 is 34.3. The predicted molar refractivity (Wildman–Crippen MR) is 143 cm³/mol. The Balaban J connectivity index is 1.64. The Kier molecular flexibility index (Phi) is 11.6. The van der Waals surface area contributed by atoms with Crippen molar-refractivity contribution in [3.63, 3.8) is 0 Å². The van der Waals surface area contributed by atoms with Crippen LogP contribution in [0.2, 0.25) is 0 Å². The minimum Gasteiger partial charge on any atom is -0.463 e. The summed E-state index contributed by atoms with van der Waals surface area (Å²) in [5, 5.41) is 96.6. The number of benzene rings is 1. The SMILES string of the molecule is CC(=O)NC1[C@@H](Oc2ccc([N+](=O)[O-])cc2)OC(CO)[C@H](O)[C@@H]1O[C@@H]1OC(CO)[C@H](O)[C@H](O)C1O[C@@H]1OC(C)[C@@H](O)[C@H](O)C1O. The summed E-state index contributed by atoms with van der Waals surface area (Å²) in [7, 11) is 0. The Morgan fingerprint density at radius 3 is 1.96 bits per heavy atom. The Morgan fingerprint density at radius 2 is 1.38 bits per heavy atom. The molecule has 45 heavy (non-hydrogen) atoms. The highest BCUT2D eigenvalue weighted by atomic mass is 16.8. The standard InChI is InChI=1S/C26H38N2O17/c1-9-16(32)19(35)21(37)25(40-9)45-23-20(36)17(33)13(7-29)43-26(23)44-22-15(27-10(2)31)24(42-14(8-30)18(22)34)41-12-5-3-11(4-6-12)28(38)39/h3-6,9,13-26,29-30,32-37H,7-8H2,1-2H3,(H,27,31)/t9?,13?,14?,15?,16-,17+,18+,19+,20+,21?,22-,23?,24+,25+,26+/m1/s1. The summed E-state index contributed by atoms with van der Waals surface area (Å²) in [4.78, 5) is 22.6. The second-order valence-corrected chi connectivity index (χ2v) is 10.9. The molecule has 3 heterocycles. The fourth-order valence-corrected chi connectivity index (χ4v) is 5.25. The van der Waals surface area contributed by atoms with Gasteiger partial charge in [-0.2, -0.15) is 0 Å².